The summed E-state index contributed by atoms with van der Waals surface area (Å²) in [6.45, 7) is 3.82. The van der Waals surface area contributed by atoms with Gasteiger partial charge >= 0.3 is 0 Å². The molecule has 21 heavy (non-hydrogen) atoms. The highest BCUT2D eigenvalue weighted by Gasteiger charge is 2.26. The summed E-state index contributed by atoms with van der Waals surface area (Å²) in [6.07, 6.45) is 7.27. The van der Waals surface area contributed by atoms with Crippen LogP contribution in [0.15, 0.2) is 42.7 Å². The zero-order chi connectivity index (χ0) is 14.7. The molecule has 3 rings (SSSR count). The monoisotopic (exact) mass is 285 g/mol. The number of aliphatic hydroxyl groups is 1. The van der Waals surface area contributed by atoms with Gasteiger partial charge in [0.15, 0.2) is 0 Å². The van der Waals surface area contributed by atoms with Gasteiger partial charge in [-0.1, -0.05) is 24.6 Å². The van der Waals surface area contributed by atoms with Crippen molar-refractivity contribution in [1.29, 1.82) is 0 Å². The van der Waals surface area contributed by atoms with E-state index >= 15 is 0 Å². The maximum Gasteiger partial charge on any atom is 0.0667 e. The Labute approximate surface area is 126 Å². The Balaban J connectivity index is 1.72. The average Bonchev–Trinajstić information content (AvgIpc) is 2.97. The van der Waals surface area contributed by atoms with E-state index in [-0.39, 0.29) is 12.1 Å². The third-order valence-corrected chi connectivity index (χ3v) is 4.26. The smallest absolute Gasteiger partial charge is 0.0667 e. The fourth-order valence-electron chi connectivity index (χ4n) is 3.16. The fourth-order valence-corrected chi connectivity index (χ4v) is 3.16. The van der Waals surface area contributed by atoms with Gasteiger partial charge in [0.1, 0.15) is 0 Å². The van der Waals surface area contributed by atoms with Gasteiger partial charge in [-0.05, 0) is 38.4 Å². The molecule has 112 valence electrons. The van der Waals surface area contributed by atoms with E-state index in [9.17, 15) is 5.11 Å². The fraction of sp³-hybridized carbons (Fsp3) is 0.471. The SMILES string of the molecule is C[C@@H](O)[C@@H]1CCCCN1Cc1cnn(-c2ccccc2)c1. The summed E-state index contributed by atoms with van der Waals surface area (Å²) in [4.78, 5) is 2.39. The lowest BCUT2D eigenvalue weighted by atomic mass is 9.98. The summed E-state index contributed by atoms with van der Waals surface area (Å²) in [5.74, 6) is 0. The molecule has 0 saturated carbocycles. The number of para-hydroxylation sites is 1. The average molecular weight is 285 g/mol. The van der Waals surface area contributed by atoms with E-state index in [4.69, 9.17) is 0 Å². The van der Waals surface area contributed by atoms with E-state index in [1.807, 2.05) is 36.0 Å². The molecule has 0 amide bonds. The zero-order valence-corrected chi connectivity index (χ0v) is 12.5. The third-order valence-electron chi connectivity index (χ3n) is 4.26. The van der Waals surface area contributed by atoms with Crippen LogP contribution in [-0.4, -0.2) is 38.5 Å². The van der Waals surface area contributed by atoms with Gasteiger partial charge in [-0.2, -0.15) is 5.10 Å². The highest BCUT2D eigenvalue weighted by molar-refractivity contribution is 5.30. The summed E-state index contributed by atoms with van der Waals surface area (Å²) < 4.78 is 1.91. The topological polar surface area (TPSA) is 41.3 Å². The van der Waals surface area contributed by atoms with Gasteiger partial charge in [0.05, 0.1) is 18.0 Å². The molecular weight excluding hydrogens is 262 g/mol. The van der Waals surface area contributed by atoms with Gasteiger partial charge in [0.25, 0.3) is 0 Å². The van der Waals surface area contributed by atoms with Crippen LogP contribution in [0.1, 0.15) is 31.7 Å². The Bertz CT molecular complexity index is 564. The van der Waals surface area contributed by atoms with E-state index in [1.165, 1.54) is 18.4 Å². The van der Waals surface area contributed by atoms with Gasteiger partial charge in [-0.15, -0.1) is 0 Å². The Morgan fingerprint density at radius 1 is 1.29 bits per heavy atom. The van der Waals surface area contributed by atoms with Gasteiger partial charge in [-0.25, -0.2) is 4.68 Å². The second kappa shape index (κ2) is 6.41. The van der Waals surface area contributed by atoms with Crippen molar-refractivity contribution in [3.05, 3.63) is 48.3 Å². The molecule has 2 aromatic rings. The summed E-state index contributed by atoms with van der Waals surface area (Å²) in [7, 11) is 0. The number of likely N-dealkylation sites (tertiary alicyclic amines) is 1. The predicted octanol–water partition coefficient (Wildman–Crippen LogP) is 2.61. The largest absolute Gasteiger partial charge is 0.392 e. The molecule has 1 fully saturated rings. The number of hydrogen-bond donors (Lipinski definition) is 1. The van der Waals surface area contributed by atoms with Crippen molar-refractivity contribution < 1.29 is 5.11 Å². The molecule has 4 nitrogen and oxygen atoms in total. The number of hydrogen-bond acceptors (Lipinski definition) is 3. The van der Waals surface area contributed by atoms with Crippen LogP contribution in [-0.2, 0) is 6.54 Å². The molecule has 0 unspecified atom stereocenters. The van der Waals surface area contributed by atoms with Crippen molar-refractivity contribution in [2.24, 2.45) is 0 Å². The predicted molar refractivity (Wildman–Crippen MR) is 83.3 cm³/mol. The van der Waals surface area contributed by atoms with Crippen molar-refractivity contribution in [1.82, 2.24) is 14.7 Å². The first-order valence-electron chi connectivity index (χ1n) is 7.75. The maximum absolute atomic E-state index is 9.95. The van der Waals surface area contributed by atoms with Crippen molar-refractivity contribution in [2.45, 2.75) is 44.9 Å². The number of piperidine rings is 1. The Kier molecular flexibility index (Phi) is 4.36. The minimum atomic E-state index is -0.269. The quantitative estimate of drug-likeness (QED) is 0.939. The second-order valence-corrected chi connectivity index (χ2v) is 5.90. The van der Waals surface area contributed by atoms with Crippen LogP contribution in [0.4, 0.5) is 0 Å². The van der Waals surface area contributed by atoms with Crippen LogP contribution in [0, 0.1) is 0 Å². The van der Waals surface area contributed by atoms with E-state index in [0.717, 1.165) is 25.2 Å². The van der Waals surface area contributed by atoms with Crippen molar-refractivity contribution in [3.63, 3.8) is 0 Å². The number of aliphatic hydroxyl groups excluding tert-OH is 1. The van der Waals surface area contributed by atoms with Gasteiger partial charge in [0.2, 0.25) is 0 Å². The number of aromatic nitrogens is 2. The molecule has 0 spiro atoms. The summed E-state index contributed by atoms with van der Waals surface area (Å²) in [6, 6.07) is 10.4. The molecule has 4 heteroatoms. The van der Waals surface area contributed by atoms with E-state index in [0.29, 0.717) is 0 Å². The molecular formula is C17H23N3O. The first-order valence-corrected chi connectivity index (χ1v) is 7.75. The molecule has 1 aliphatic rings. The van der Waals surface area contributed by atoms with Crippen LogP contribution in [0.25, 0.3) is 5.69 Å². The molecule has 0 aliphatic carbocycles. The lowest BCUT2D eigenvalue weighted by molar-refractivity contribution is 0.0317. The molecule has 1 aliphatic heterocycles. The summed E-state index contributed by atoms with van der Waals surface area (Å²) in [5, 5.41) is 14.4. The number of benzene rings is 1. The first kappa shape index (κ1) is 14.3. The lowest BCUT2D eigenvalue weighted by Gasteiger charge is -2.37. The van der Waals surface area contributed by atoms with E-state index < -0.39 is 0 Å². The third kappa shape index (κ3) is 3.34. The molecule has 1 aromatic heterocycles. The molecule has 1 saturated heterocycles. The minimum Gasteiger partial charge on any atom is -0.392 e. The zero-order valence-electron chi connectivity index (χ0n) is 12.5. The highest BCUT2D eigenvalue weighted by Crippen LogP contribution is 2.22. The normalized spacial score (nSPS) is 21.3. The van der Waals surface area contributed by atoms with Crippen LogP contribution in [0.2, 0.25) is 0 Å². The van der Waals surface area contributed by atoms with Crippen LogP contribution in [0.5, 0.6) is 0 Å². The van der Waals surface area contributed by atoms with Crippen molar-refractivity contribution >= 4 is 0 Å². The van der Waals surface area contributed by atoms with Gasteiger partial charge in [0, 0.05) is 24.3 Å². The molecule has 2 atom stereocenters. The Hall–Kier alpha value is -1.65. The second-order valence-electron chi connectivity index (χ2n) is 5.90. The first-order chi connectivity index (χ1) is 10.2. The number of rotatable bonds is 4. The Morgan fingerprint density at radius 3 is 2.86 bits per heavy atom. The lowest BCUT2D eigenvalue weighted by Crippen LogP contribution is -2.45. The molecule has 1 aromatic carbocycles. The minimum absolute atomic E-state index is 0.269. The van der Waals surface area contributed by atoms with E-state index in [1.54, 1.807) is 0 Å². The van der Waals surface area contributed by atoms with Crippen LogP contribution in [0.3, 0.4) is 0 Å². The van der Waals surface area contributed by atoms with Crippen LogP contribution >= 0.6 is 0 Å². The highest BCUT2D eigenvalue weighted by atomic mass is 16.3. The summed E-state index contributed by atoms with van der Waals surface area (Å²) in [5.41, 5.74) is 2.28. The standard InChI is InChI=1S/C17H23N3O/c1-14(21)17-9-5-6-10-19(17)12-15-11-18-20(13-15)16-7-3-2-4-8-16/h2-4,7-8,11,13-14,17,21H,5-6,9-10,12H2,1H3/t14-,17+/m1/s1. The van der Waals surface area contributed by atoms with Crippen LogP contribution < -0.4 is 0 Å². The molecule has 0 bridgehead atoms. The molecule has 1 N–H and O–H groups in total. The van der Waals surface area contributed by atoms with Crippen molar-refractivity contribution in [3.8, 4) is 5.69 Å². The summed E-state index contributed by atoms with van der Waals surface area (Å²) >= 11 is 0. The van der Waals surface area contributed by atoms with Gasteiger partial charge < -0.3 is 5.11 Å². The molecule has 0 radical (unpaired) electrons. The number of nitrogens with zero attached hydrogens (tertiary/aromatic N) is 3. The van der Waals surface area contributed by atoms with Crippen molar-refractivity contribution in [2.75, 3.05) is 6.54 Å². The van der Waals surface area contributed by atoms with Gasteiger partial charge in [-0.3, -0.25) is 4.90 Å². The Morgan fingerprint density at radius 2 is 2.10 bits per heavy atom. The van der Waals surface area contributed by atoms with E-state index in [2.05, 4.69) is 28.3 Å². The maximum atomic E-state index is 9.95. The molecule has 2 heterocycles.